The van der Waals surface area contributed by atoms with Crippen molar-refractivity contribution in [3.05, 3.63) is 70.9 Å². The highest BCUT2D eigenvalue weighted by molar-refractivity contribution is 6.33. The van der Waals surface area contributed by atoms with Gasteiger partial charge in [-0.05, 0) is 29.8 Å². The van der Waals surface area contributed by atoms with E-state index < -0.39 is 0 Å². The Hall–Kier alpha value is -1.87. The highest BCUT2D eigenvalue weighted by Crippen LogP contribution is 2.18. The number of nitrogens with zero attached hydrogens (tertiary/aromatic N) is 2. The fourth-order valence-electron chi connectivity index (χ4n) is 1.97. The third-order valence-electron chi connectivity index (χ3n) is 2.76. The van der Waals surface area contributed by atoms with Crippen molar-refractivity contribution in [2.75, 3.05) is 0 Å². The van der Waals surface area contributed by atoms with Gasteiger partial charge >= 0.3 is 0 Å². The Morgan fingerprint density at radius 2 is 2.11 bits per heavy atom. The largest absolute Gasteiger partial charge is 0.306 e. The molecule has 0 saturated carbocycles. The van der Waals surface area contributed by atoms with Crippen molar-refractivity contribution in [1.82, 2.24) is 9.38 Å². The van der Waals surface area contributed by atoms with Crippen molar-refractivity contribution in [3.63, 3.8) is 0 Å². The average molecular weight is 261 g/mol. The van der Waals surface area contributed by atoms with Crippen LogP contribution in [0.25, 0.3) is 5.65 Å². The Morgan fingerprint density at radius 3 is 2.89 bits per heavy atom. The smallest absolute Gasteiger partial charge is 0.155 e. The second kappa shape index (κ2) is 4.42. The van der Waals surface area contributed by atoms with Crippen molar-refractivity contribution in [3.8, 4) is 0 Å². The van der Waals surface area contributed by atoms with Crippen LogP contribution in [0.5, 0.6) is 0 Å². The van der Waals surface area contributed by atoms with Crippen LogP contribution >= 0.6 is 11.6 Å². The minimum atomic E-state index is -0.228. The molecule has 3 rings (SSSR count). The molecule has 0 aliphatic heterocycles. The summed E-state index contributed by atoms with van der Waals surface area (Å²) in [6.45, 7) is 0. The van der Waals surface area contributed by atoms with Gasteiger partial charge in [0.2, 0.25) is 0 Å². The van der Waals surface area contributed by atoms with E-state index in [1.807, 2.05) is 28.9 Å². The van der Waals surface area contributed by atoms with Crippen molar-refractivity contribution in [2.24, 2.45) is 0 Å². The van der Waals surface area contributed by atoms with E-state index in [0.29, 0.717) is 11.4 Å². The molecule has 0 saturated heterocycles. The number of imidazole rings is 1. The Morgan fingerprint density at radius 1 is 1.22 bits per heavy atom. The van der Waals surface area contributed by atoms with E-state index in [0.717, 1.165) is 16.9 Å². The van der Waals surface area contributed by atoms with Crippen molar-refractivity contribution in [2.45, 2.75) is 6.42 Å². The van der Waals surface area contributed by atoms with Crippen LogP contribution in [0.3, 0.4) is 0 Å². The van der Waals surface area contributed by atoms with Gasteiger partial charge in [0.05, 0.1) is 10.7 Å². The van der Waals surface area contributed by atoms with Crippen LogP contribution in [0.1, 0.15) is 11.3 Å². The van der Waals surface area contributed by atoms with Gasteiger partial charge < -0.3 is 4.40 Å². The van der Waals surface area contributed by atoms with E-state index in [4.69, 9.17) is 11.6 Å². The molecule has 2 aromatic heterocycles. The number of halogens is 2. The number of hydrogen-bond donors (Lipinski definition) is 0. The fourth-order valence-corrected chi connectivity index (χ4v) is 2.18. The van der Waals surface area contributed by atoms with Crippen LogP contribution in [0, 0.1) is 5.82 Å². The van der Waals surface area contributed by atoms with Crippen LogP contribution in [-0.4, -0.2) is 9.38 Å². The summed E-state index contributed by atoms with van der Waals surface area (Å²) < 4.78 is 15.0. The lowest BCUT2D eigenvalue weighted by atomic mass is 10.1. The predicted octanol–water partition coefficient (Wildman–Crippen LogP) is 3.72. The van der Waals surface area contributed by atoms with E-state index >= 15 is 0 Å². The van der Waals surface area contributed by atoms with Crippen LogP contribution in [-0.2, 0) is 6.42 Å². The van der Waals surface area contributed by atoms with E-state index in [1.165, 1.54) is 12.1 Å². The van der Waals surface area contributed by atoms with E-state index in [1.54, 1.807) is 12.1 Å². The third-order valence-corrected chi connectivity index (χ3v) is 3.05. The number of benzene rings is 1. The van der Waals surface area contributed by atoms with Crippen molar-refractivity contribution in [1.29, 1.82) is 0 Å². The zero-order valence-corrected chi connectivity index (χ0v) is 10.2. The molecule has 0 spiro atoms. The van der Waals surface area contributed by atoms with E-state index in [9.17, 15) is 4.39 Å². The van der Waals surface area contributed by atoms with Gasteiger partial charge in [-0.15, -0.1) is 0 Å². The summed E-state index contributed by atoms with van der Waals surface area (Å²) in [5.74, 6) is -0.228. The fraction of sp³-hybridized carbons (Fsp3) is 0.0714. The van der Waals surface area contributed by atoms with Gasteiger partial charge in [-0.25, -0.2) is 9.37 Å². The van der Waals surface area contributed by atoms with Crippen LogP contribution in [0.2, 0.25) is 5.02 Å². The number of rotatable bonds is 2. The Balaban J connectivity index is 1.98. The van der Waals surface area contributed by atoms with Crippen molar-refractivity contribution < 1.29 is 4.39 Å². The molecule has 90 valence electrons. The highest BCUT2D eigenvalue weighted by Gasteiger charge is 2.05. The molecular weight excluding hydrogens is 251 g/mol. The molecular formula is C14H10ClFN2. The molecule has 4 heteroatoms. The molecule has 0 radical (unpaired) electrons. The molecule has 2 heterocycles. The summed E-state index contributed by atoms with van der Waals surface area (Å²) in [6, 6.07) is 10.2. The van der Waals surface area contributed by atoms with Gasteiger partial charge in [0.1, 0.15) is 5.82 Å². The third kappa shape index (κ3) is 2.09. The lowest BCUT2D eigenvalue weighted by Gasteiger charge is -1.97. The molecule has 0 amide bonds. The minimum absolute atomic E-state index is 0.228. The topological polar surface area (TPSA) is 17.3 Å². The van der Waals surface area contributed by atoms with Gasteiger partial charge in [-0.3, -0.25) is 0 Å². The van der Waals surface area contributed by atoms with E-state index in [2.05, 4.69) is 4.98 Å². The molecule has 3 aromatic rings. The summed E-state index contributed by atoms with van der Waals surface area (Å²) in [4.78, 5) is 4.45. The highest BCUT2D eigenvalue weighted by atomic mass is 35.5. The van der Waals surface area contributed by atoms with Crippen molar-refractivity contribution >= 4 is 17.2 Å². The first-order chi connectivity index (χ1) is 8.72. The van der Waals surface area contributed by atoms with Gasteiger partial charge in [0.15, 0.2) is 5.65 Å². The lowest BCUT2D eigenvalue weighted by Crippen LogP contribution is -1.88. The Labute approximate surface area is 109 Å². The van der Waals surface area contributed by atoms with E-state index in [-0.39, 0.29) is 5.82 Å². The van der Waals surface area contributed by atoms with Crippen LogP contribution < -0.4 is 0 Å². The molecule has 0 unspecified atom stereocenters. The second-order valence-corrected chi connectivity index (χ2v) is 4.53. The molecule has 0 fully saturated rings. The number of hydrogen-bond acceptors (Lipinski definition) is 1. The number of pyridine rings is 1. The molecule has 0 bridgehead atoms. The number of aromatic nitrogens is 2. The van der Waals surface area contributed by atoms with Gasteiger partial charge in [-0.1, -0.05) is 23.7 Å². The van der Waals surface area contributed by atoms with Gasteiger partial charge in [0.25, 0.3) is 0 Å². The maximum Gasteiger partial charge on any atom is 0.155 e. The zero-order valence-electron chi connectivity index (χ0n) is 9.48. The number of fused-ring (bicyclic) bond motifs is 1. The molecule has 0 aliphatic rings. The minimum Gasteiger partial charge on any atom is -0.306 e. The summed E-state index contributed by atoms with van der Waals surface area (Å²) in [6.07, 6.45) is 4.39. The maximum atomic E-state index is 13.1. The average Bonchev–Trinajstić information content (AvgIpc) is 2.73. The molecule has 2 nitrogen and oxygen atoms in total. The molecule has 0 atom stereocenters. The van der Waals surface area contributed by atoms with Gasteiger partial charge in [-0.2, -0.15) is 0 Å². The predicted molar refractivity (Wildman–Crippen MR) is 69.4 cm³/mol. The first-order valence-electron chi connectivity index (χ1n) is 5.59. The Bertz CT molecular complexity index is 706. The lowest BCUT2D eigenvalue weighted by molar-refractivity contribution is 0.626. The van der Waals surface area contributed by atoms with Crippen LogP contribution in [0.15, 0.2) is 48.8 Å². The Kier molecular flexibility index (Phi) is 2.76. The quantitative estimate of drug-likeness (QED) is 0.686. The normalized spacial score (nSPS) is 11.0. The van der Waals surface area contributed by atoms with Gasteiger partial charge in [0, 0.05) is 18.8 Å². The summed E-state index contributed by atoms with van der Waals surface area (Å²) in [5, 5.41) is 0.614. The molecule has 0 N–H and O–H groups in total. The van der Waals surface area contributed by atoms with Crippen LogP contribution in [0.4, 0.5) is 4.39 Å². The standard InChI is InChI=1S/C14H10ClFN2/c15-13-5-2-6-18-9-12(17-14(13)18)8-10-3-1-4-11(16)7-10/h1-7,9H,8H2. The molecule has 0 aliphatic carbocycles. The summed E-state index contributed by atoms with van der Waals surface area (Å²) >= 11 is 6.06. The second-order valence-electron chi connectivity index (χ2n) is 4.13. The summed E-state index contributed by atoms with van der Waals surface area (Å²) in [7, 11) is 0. The zero-order chi connectivity index (χ0) is 12.5. The summed E-state index contributed by atoms with van der Waals surface area (Å²) in [5.41, 5.74) is 2.49. The maximum absolute atomic E-state index is 13.1. The molecule has 1 aromatic carbocycles. The first-order valence-corrected chi connectivity index (χ1v) is 5.97. The first kappa shape index (κ1) is 11.2. The molecule has 18 heavy (non-hydrogen) atoms. The monoisotopic (exact) mass is 260 g/mol. The SMILES string of the molecule is Fc1cccc(Cc2cn3cccc(Cl)c3n2)c1.